The lowest BCUT2D eigenvalue weighted by Gasteiger charge is -2.09. The number of anilines is 2. The summed E-state index contributed by atoms with van der Waals surface area (Å²) >= 11 is 1.65. The van der Waals surface area contributed by atoms with Gasteiger partial charge in [0.1, 0.15) is 5.75 Å². The zero-order valence-corrected chi connectivity index (χ0v) is 21.5. The van der Waals surface area contributed by atoms with E-state index in [0.717, 1.165) is 67.8 Å². The molecule has 1 N–H and O–H groups in total. The Hall–Kier alpha value is -3.30. The number of nitrogens with zero attached hydrogens (tertiary/aromatic N) is 3. The molecule has 1 aliphatic rings. The van der Waals surface area contributed by atoms with Gasteiger partial charge in [0.05, 0.1) is 39.9 Å². The standard InChI is InChI=1S/C26H26N4O3S2/c1-4-5-23-30-24(18-10-16(2)11-21(13-18)33-3)25(34-23)22-8-9-27-26(29-22)28-20-7-6-17-14-35(31,32)15-19(17)12-20/h6-13H,4-5,14-15H2,1-3H3,(H,27,28,29). The lowest BCUT2D eigenvalue weighted by molar-refractivity contribution is 0.414. The quantitative estimate of drug-likeness (QED) is 0.343. The van der Waals surface area contributed by atoms with Gasteiger partial charge < -0.3 is 10.1 Å². The van der Waals surface area contributed by atoms with Crippen molar-refractivity contribution in [3.05, 3.63) is 70.4 Å². The van der Waals surface area contributed by atoms with E-state index in [1.54, 1.807) is 24.6 Å². The Bertz CT molecular complexity index is 1510. The Morgan fingerprint density at radius 2 is 1.89 bits per heavy atom. The smallest absolute Gasteiger partial charge is 0.227 e. The Labute approximate surface area is 209 Å². The first-order valence-corrected chi connectivity index (χ1v) is 14.1. The molecule has 5 rings (SSSR count). The second kappa shape index (κ2) is 9.39. The van der Waals surface area contributed by atoms with Gasteiger partial charge in [0.2, 0.25) is 5.95 Å². The van der Waals surface area contributed by atoms with Crippen LogP contribution in [0.5, 0.6) is 5.75 Å². The molecule has 0 unspecified atom stereocenters. The molecule has 0 fully saturated rings. The van der Waals surface area contributed by atoms with Gasteiger partial charge in [-0.3, -0.25) is 0 Å². The van der Waals surface area contributed by atoms with Crippen LogP contribution in [0.4, 0.5) is 11.6 Å². The molecular weight excluding hydrogens is 480 g/mol. The minimum Gasteiger partial charge on any atom is -0.497 e. The average molecular weight is 507 g/mol. The zero-order valence-electron chi connectivity index (χ0n) is 19.8. The van der Waals surface area contributed by atoms with Gasteiger partial charge in [0, 0.05) is 17.4 Å². The van der Waals surface area contributed by atoms with Crippen molar-refractivity contribution in [1.82, 2.24) is 15.0 Å². The molecule has 2 aromatic carbocycles. The molecule has 3 heterocycles. The second-order valence-corrected chi connectivity index (χ2v) is 11.8. The summed E-state index contributed by atoms with van der Waals surface area (Å²) in [5, 5.41) is 4.30. The van der Waals surface area contributed by atoms with Crippen molar-refractivity contribution in [2.24, 2.45) is 0 Å². The van der Waals surface area contributed by atoms with Crippen LogP contribution in [0.2, 0.25) is 0 Å². The molecule has 0 saturated heterocycles. The molecule has 0 saturated carbocycles. The van der Waals surface area contributed by atoms with Gasteiger partial charge in [-0.2, -0.15) is 0 Å². The SMILES string of the molecule is CCCc1nc(-c2cc(C)cc(OC)c2)c(-c2ccnc(Nc3ccc4c(c3)CS(=O)(=O)C4)n2)s1. The van der Waals surface area contributed by atoms with E-state index in [1.807, 2.05) is 43.3 Å². The molecule has 35 heavy (non-hydrogen) atoms. The molecule has 9 heteroatoms. The fourth-order valence-corrected chi connectivity index (χ4v) is 6.99. The maximum absolute atomic E-state index is 12.0. The van der Waals surface area contributed by atoms with Gasteiger partial charge in [-0.1, -0.05) is 13.0 Å². The first-order chi connectivity index (χ1) is 16.8. The molecule has 0 bridgehead atoms. The van der Waals surface area contributed by atoms with Crippen LogP contribution in [0.15, 0.2) is 48.7 Å². The minimum atomic E-state index is -3.05. The normalized spacial score (nSPS) is 14.0. The van der Waals surface area contributed by atoms with E-state index in [0.29, 0.717) is 5.95 Å². The second-order valence-electron chi connectivity index (χ2n) is 8.68. The Morgan fingerprint density at radius 1 is 1.06 bits per heavy atom. The van der Waals surface area contributed by atoms with Crippen LogP contribution >= 0.6 is 11.3 Å². The Balaban J connectivity index is 1.50. The van der Waals surface area contributed by atoms with Crippen molar-refractivity contribution in [3.8, 4) is 27.6 Å². The van der Waals surface area contributed by atoms with E-state index in [2.05, 4.69) is 23.3 Å². The van der Waals surface area contributed by atoms with Crippen molar-refractivity contribution < 1.29 is 13.2 Å². The maximum Gasteiger partial charge on any atom is 0.227 e. The van der Waals surface area contributed by atoms with Crippen molar-refractivity contribution in [1.29, 1.82) is 0 Å². The van der Waals surface area contributed by atoms with Crippen LogP contribution in [0, 0.1) is 6.92 Å². The molecule has 0 amide bonds. The van der Waals surface area contributed by atoms with Crippen LogP contribution in [-0.2, 0) is 27.8 Å². The average Bonchev–Trinajstić information content (AvgIpc) is 3.38. The number of ether oxygens (including phenoxy) is 1. The minimum absolute atomic E-state index is 0.0726. The predicted octanol–water partition coefficient (Wildman–Crippen LogP) is 5.71. The highest BCUT2D eigenvalue weighted by atomic mass is 32.2. The molecular formula is C26H26N4O3S2. The van der Waals surface area contributed by atoms with E-state index in [-0.39, 0.29) is 11.5 Å². The highest BCUT2D eigenvalue weighted by molar-refractivity contribution is 7.90. The fraction of sp³-hybridized carbons (Fsp3) is 0.269. The lowest BCUT2D eigenvalue weighted by atomic mass is 10.1. The zero-order chi connectivity index (χ0) is 24.6. The number of aryl methyl sites for hydroxylation is 2. The van der Waals surface area contributed by atoms with Gasteiger partial charge in [0.15, 0.2) is 9.84 Å². The molecule has 0 radical (unpaired) electrons. The van der Waals surface area contributed by atoms with E-state index in [9.17, 15) is 8.42 Å². The van der Waals surface area contributed by atoms with Crippen molar-refractivity contribution in [2.75, 3.05) is 12.4 Å². The number of hydrogen-bond acceptors (Lipinski definition) is 8. The van der Waals surface area contributed by atoms with Gasteiger partial charge in [-0.05, 0) is 72.9 Å². The van der Waals surface area contributed by atoms with Crippen molar-refractivity contribution in [2.45, 2.75) is 38.2 Å². The number of benzene rings is 2. The summed E-state index contributed by atoms with van der Waals surface area (Å²) in [6, 6.07) is 13.6. The molecule has 0 aliphatic carbocycles. The van der Waals surface area contributed by atoms with E-state index in [4.69, 9.17) is 14.7 Å². The van der Waals surface area contributed by atoms with Gasteiger partial charge in [-0.15, -0.1) is 11.3 Å². The van der Waals surface area contributed by atoms with Crippen LogP contribution < -0.4 is 10.1 Å². The van der Waals surface area contributed by atoms with E-state index < -0.39 is 9.84 Å². The third-order valence-electron chi connectivity index (χ3n) is 5.80. The van der Waals surface area contributed by atoms with Crippen molar-refractivity contribution in [3.63, 3.8) is 0 Å². The number of rotatable bonds is 7. The fourth-order valence-electron chi connectivity index (χ4n) is 4.24. The third-order valence-corrected chi connectivity index (χ3v) is 8.44. The first-order valence-electron chi connectivity index (χ1n) is 11.4. The van der Waals surface area contributed by atoms with Crippen LogP contribution in [0.25, 0.3) is 21.8 Å². The van der Waals surface area contributed by atoms with E-state index >= 15 is 0 Å². The van der Waals surface area contributed by atoms with Gasteiger partial charge >= 0.3 is 0 Å². The monoisotopic (exact) mass is 506 g/mol. The van der Waals surface area contributed by atoms with E-state index in [1.165, 1.54) is 0 Å². The molecule has 0 atom stereocenters. The largest absolute Gasteiger partial charge is 0.497 e. The molecule has 2 aromatic heterocycles. The number of fused-ring (bicyclic) bond motifs is 1. The highest BCUT2D eigenvalue weighted by Crippen LogP contribution is 2.38. The summed E-state index contributed by atoms with van der Waals surface area (Å²) in [7, 11) is -1.39. The Morgan fingerprint density at radius 3 is 2.69 bits per heavy atom. The predicted molar refractivity (Wildman–Crippen MR) is 140 cm³/mol. The summed E-state index contributed by atoms with van der Waals surface area (Å²) < 4.78 is 29.4. The van der Waals surface area contributed by atoms with Crippen LogP contribution in [-0.4, -0.2) is 30.5 Å². The third kappa shape index (κ3) is 5.06. The number of aromatic nitrogens is 3. The van der Waals surface area contributed by atoms with Crippen LogP contribution in [0.1, 0.15) is 35.0 Å². The van der Waals surface area contributed by atoms with Gasteiger partial charge in [-0.25, -0.2) is 23.4 Å². The number of thiazole rings is 1. The molecule has 7 nitrogen and oxygen atoms in total. The number of nitrogens with one attached hydrogen (secondary N) is 1. The highest BCUT2D eigenvalue weighted by Gasteiger charge is 2.24. The van der Waals surface area contributed by atoms with Gasteiger partial charge in [0.25, 0.3) is 0 Å². The number of sulfone groups is 1. The molecule has 180 valence electrons. The maximum atomic E-state index is 12.0. The molecule has 1 aliphatic heterocycles. The Kier molecular flexibility index (Phi) is 6.29. The number of methoxy groups -OCH3 is 1. The summed E-state index contributed by atoms with van der Waals surface area (Å²) in [5.74, 6) is 1.41. The van der Waals surface area contributed by atoms with Crippen LogP contribution in [0.3, 0.4) is 0 Å². The topological polar surface area (TPSA) is 94.1 Å². The van der Waals surface area contributed by atoms with Crippen molar-refractivity contribution >= 4 is 32.8 Å². The molecule has 0 spiro atoms. The first kappa shape index (κ1) is 23.4. The summed E-state index contributed by atoms with van der Waals surface area (Å²) in [6.45, 7) is 4.19. The lowest BCUT2D eigenvalue weighted by Crippen LogP contribution is -1.99. The summed E-state index contributed by atoms with van der Waals surface area (Å²) in [4.78, 5) is 15.1. The molecule has 4 aromatic rings. The summed E-state index contributed by atoms with van der Waals surface area (Å²) in [6.07, 6.45) is 3.63. The summed E-state index contributed by atoms with van der Waals surface area (Å²) in [5.41, 5.74) is 6.19. The number of hydrogen-bond donors (Lipinski definition) is 1.